The predicted molar refractivity (Wildman–Crippen MR) is 221 cm³/mol. The molecule has 2 aromatic heterocycles. The van der Waals surface area contributed by atoms with Crippen LogP contribution in [0.4, 0.5) is 15.9 Å². The minimum atomic E-state index is -3.02. The summed E-state index contributed by atoms with van der Waals surface area (Å²) in [5, 5.41) is 24.3. The molecule has 5 aromatic carbocycles. The van der Waals surface area contributed by atoms with E-state index in [1.165, 1.54) is 24.7 Å². The predicted octanol–water partition coefficient (Wildman–Crippen LogP) is 8.91. The fraction of sp³-hybridized carbons (Fsp3) is 0.116. The third-order valence-corrected chi connectivity index (χ3v) is 9.29. The van der Waals surface area contributed by atoms with E-state index in [9.17, 15) is 22.4 Å². The van der Waals surface area contributed by atoms with E-state index in [1.807, 2.05) is 36.4 Å². The van der Waals surface area contributed by atoms with Crippen molar-refractivity contribution in [3.05, 3.63) is 173 Å². The van der Waals surface area contributed by atoms with Crippen LogP contribution in [0.5, 0.6) is 5.75 Å². The van der Waals surface area contributed by atoms with Gasteiger partial charge in [0.1, 0.15) is 51.7 Å². The zero-order chi connectivity index (χ0) is 41.5. The highest BCUT2D eigenvalue weighted by atomic mass is 35.5. The lowest BCUT2D eigenvalue weighted by Gasteiger charge is -2.12. The van der Waals surface area contributed by atoms with Crippen molar-refractivity contribution in [1.82, 2.24) is 15.3 Å². The summed E-state index contributed by atoms with van der Waals surface area (Å²) < 4.78 is 47.8. The molecule has 0 aliphatic rings. The van der Waals surface area contributed by atoms with Gasteiger partial charge in [0, 0.05) is 29.4 Å². The standard InChI is InChI=1S/C29H26ClFN4O4S.2C7H6O2/c1-40(36,37)12-11-32-16-23-7-10-27(39-23)20-5-8-26-24(14-20)29(34-18-33-26)35-22-6-9-28(25(30)15-22)38-17-19-3-2-4-21(31)13-19;2*8-7(9)6-4-2-1-3-5-6/h2-10,13-15,18,32H,11-12,16-17H2,1H3,(H,33,34,35);2*1-5H,(H,8,9). The molecule has 0 saturated heterocycles. The minimum Gasteiger partial charge on any atom is -0.487 e. The van der Waals surface area contributed by atoms with Gasteiger partial charge >= 0.3 is 11.9 Å². The summed E-state index contributed by atoms with van der Waals surface area (Å²) >= 11 is 6.47. The van der Waals surface area contributed by atoms with Gasteiger partial charge < -0.3 is 30.0 Å². The number of halogens is 2. The number of nitrogens with one attached hydrogen (secondary N) is 2. The molecule has 2 heterocycles. The summed E-state index contributed by atoms with van der Waals surface area (Å²) in [7, 11) is -3.02. The molecule has 7 rings (SSSR count). The molecule has 0 aliphatic carbocycles. The SMILES string of the molecule is CS(=O)(=O)CCNCc1ccc(-c2ccc3ncnc(Nc4ccc(OCc5cccc(F)c5)c(Cl)c4)c3c2)o1.O=C(O)c1ccccc1.O=C(O)c1ccccc1. The van der Waals surface area contributed by atoms with Crippen LogP contribution < -0.4 is 15.4 Å². The average molecular weight is 825 g/mol. The zero-order valence-corrected chi connectivity index (χ0v) is 32.6. The van der Waals surface area contributed by atoms with Gasteiger partial charge in [0.15, 0.2) is 0 Å². The average Bonchev–Trinajstić information content (AvgIpc) is 3.69. The van der Waals surface area contributed by atoms with E-state index in [0.717, 1.165) is 16.5 Å². The van der Waals surface area contributed by atoms with Crippen molar-refractivity contribution in [2.24, 2.45) is 0 Å². The van der Waals surface area contributed by atoms with Crippen LogP contribution in [0.1, 0.15) is 32.0 Å². The van der Waals surface area contributed by atoms with Crippen LogP contribution in [0.2, 0.25) is 5.02 Å². The van der Waals surface area contributed by atoms with E-state index in [4.69, 9.17) is 31.0 Å². The van der Waals surface area contributed by atoms with Crippen LogP contribution in [-0.4, -0.2) is 59.1 Å². The van der Waals surface area contributed by atoms with Gasteiger partial charge in [-0.05, 0) is 90.5 Å². The number of fused-ring (bicyclic) bond motifs is 1. The molecule has 4 N–H and O–H groups in total. The highest BCUT2D eigenvalue weighted by molar-refractivity contribution is 7.90. The number of anilines is 2. The van der Waals surface area contributed by atoms with Gasteiger partial charge in [-0.1, -0.05) is 60.1 Å². The Bertz CT molecular complexity index is 2530. The first-order valence-corrected chi connectivity index (χ1v) is 20.0. The van der Waals surface area contributed by atoms with Gasteiger partial charge in [-0.3, -0.25) is 0 Å². The number of rotatable bonds is 13. The Balaban J connectivity index is 0.000000291. The van der Waals surface area contributed by atoms with E-state index in [1.54, 1.807) is 84.9 Å². The molecule has 0 spiro atoms. The van der Waals surface area contributed by atoms with Crippen molar-refractivity contribution in [1.29, 1.82) is 0 Å². The summed E-state index contributed by atoms with van der Waals surface area (Å²) in [6.45, 7) is 0.956. The Morgan fingerprint density at radius 3 is 2.10 bits per heavy atom. The Hall–Kier alpha value is -6.61. The lowest BCUT2D eigenvalue weighted by atomic mass is 10.1. The molecule has 0 aliphatic heterocycles. The summed E-state index contributed by atoms with van der Waals surface area (Å²) in [4.78, 5) is 29.2. The van der Waals surface area contributed by atoms with E-state index in [-0.39, 0.29) is 18.2 Å². The normalized spacial score (nSPS) is 10.7. The lowest BCUT2D eigenvalue weighted by molar-refractivity contribution is 0.0686. The first-order valence-electron chi connectivity index (χ1n) is 17.6. The number of sulfone groups is 1. The quantitative estimate of drug-likeness (QED) is 0.0812. The summed E-state index contributed by atoms with van der Waals surface area (Å²) in [5.74, 6) is 0.414. The molecule has 298 valence electrons. The number of carboxylic acid groups (broad SMARTS) is 2. The topological polar surface area (TPSA) is 181 Å². The van der Waals surface area contributed by atoms with Crippen LogP contribution in [-0.2, 0) is 23.0 Å². The van der Waals surface area contributed by atoms with Crippen LogP contribution in [0.3, 0.4) is 0 Å². The largest absolute Gasteiger partial charge is 0.487 e. The number of aromatic carboxylic acids is 2. The number of hydrogen-bond donors (Lipinski definition) is 4. The van der Waals surface area contributed by atoms with E-state index >= 15 is 0 Å². The number of hydrogen-bond acceptors (Lipinski definition) is 10. The molecule has 0 radical (unpaired) electrons. The molecule has 12 nitrogen and oxygen atoms in total. The fourth-order valence-corrected chi connectivity index (χ4v) is 5.94. The maximum absolute atomic E-state index is 13.4. The highest BCUT2D eigenvalue weighted by Gasteiger charge is 2.12. The van der Waals surface area contributed by atoms with Crippen LogP contribution >= 0.6 is 11.6 Å². The van der Waals surface area contributed by atoms with Crippen molar-refractivity contribution in [3.8, 4) is 17.1 Å². The Morgan fingerprint density at radius 2 is 1.50 bits per heavy atom. The van der Waals surface area contributed by atoms with Gasteiger partial charge in [-0.2, -0.15) is 0 Å². The third-order valence-electron chi connectivity index (χ3n) is 8.05. The molecule has 0 fully saturated rings. The second-order valence-electron chi connectivity index (χ2n) is 12.6. The van der Waals surface area contributed by atoms with Crippen molar-refractivity contribution >= 4 is 55.8 Å². The van der Waals surface area contributed by atoms with Gasteiger partial charge in [-0.25, -0.2) is 32.4 Å². The van der Waals surface area contributed by atoms with Gasteiger partial charge in [0.05, 0.1) is 34.0 Å². The van der Waals surface area contributed by atoms with E-state index in [2.05, 4.69) is 20.6 Å². The molecule has 0 atom stereocenters. The number of ether oxygens (including phenoxy) is 1. The van der Waals surface area contributed by atoms with Crippen molar-refractivity contribution < 1.29 is 41.8 Å². The molecule has 0 unspecified atom stereocenters. The number of carbonyl (C=O) groups is 2. The number of aromatic nitrogens is 2. The fourth-order valence-electron chi connectivity index (χ4n) is 5.19. The van der Waals surface area contributed by atoms with Gasteiger partial charge in [-0.15, -0.1) is 0 Å². The zero-order valence-electron chi connectivity index (χ0n) is 31.0. The molecule has 7 aromatic rings. The molecular weight excluding hydrogens is 787 g/mol. The molecular formula is C43H38ClFN4O8S. The molecule has 0 bridgehead atoms. The maximum Gasteiger partial charge on any atom is 0.335 e. The number of carboxylic acids is 2. The van der Waals surface area contributed by atoms with Gasteiger partial charge in [0.2, 0.25) is 0 Å². The molecule has 15 heteroatoms. The molecule has 0 saturated carbocycles. The van der Waals surface area contributed by atoms with Crippen LogP contribution in [0.25, 0.3) is 22.2 Å². The third kappa shape index (κ3) is 13.3. The van der Waals surface area contributed by atoms with Gasteiger partial charge in [0.25, 0.3) is 0 Å². The Kier molecular flexibility index (Phi) is 15.0. The minimum absolute atomic E-state index is 0.0664. The second kappa shape index (κ2) is 20.5. The maximum atomic E-state index is 13.4. The first-order chi connectivity index (χ1) is 27.8. The lowest BCUT2D eigenvalue weighted by Crippen LogP contribution is -2.21. The van der Waals surface area contributed by atoms with Crippen LogP contribution in [0, 0.1) is 5.82 Å². The Morgan fingerprint density at radius 1 is 0.810 bits per heavy atom. The number of furan rings is 1. The van der Waals surface area contributed by atoms with Crippen molar-refractivity contribution in [2.75, 3.05) is 23.9 Å². The first kappa shape index (κ1) is 42.5. The van der Waals surface area contributed by atoms with Crippen molar-refractivity contribution in [3.63, 3.8) is 0 Å². The highest BCUT2D eigenvalue weighted by Crippen LogP contribution is 2.33. The second-order valence-corrected chi connectivity index (χ2v) is 15.2. The Labute approximate surface area is 338 Å². The smallest absolute Gasteiger partial charge is 0.335 e. The number of nitrogens with zero attached hydrogens (tertiary/aromatic N) is 2. The van der Waals surface area contributed by atoms with E-state index < -0.39 is 21.8 Å². The summed E-state index contributed by atoms with van der Waals surface area (Å²) in [5.41, 5.74) is 3.65. The summed E-state index contributed by atoms with van der Waals surface area (Å²) in [6.07, 6.45) is 2.69. The monoisotopic (exact) mass is 824 g/mol. The molecule has 0 amide bonds. The number of benzene rings is 5. The summed E-state index contributed by atoms with van der Waals surface area (Å²) in [6, 6.07) is 37.6. The molecule has 58 heavy (non-hydrogen) atoms. The van der Waals surface area contributed by atoms with Crippen molar-refractivity contribution in [2.45, 2.75) is 13.2 Å². The van der Waals surface area contributed by atoms with Crippen LogP contribution in [0.15, 0.2) is 144 Å². The van der Waals surface area contributed by atoms with E-state index in [0.29, 0.717) is 63.6 Å².